The normalized spacial score (nSPS) is 16.4. The molecule has 2 aromatic carbocycles. The third-order valence-corrected chi connectivity index (χ3v) is 4.27. The molecule has 0 amide bonds. The molecule has 3 rings (SSSR count). The van der Waals surface area contributed by atoms with E-state index in [1.807, 2.05) is 0 Å². The highest BCUT2D eigenvalue weighted by Gasteiger charge is 2.28. The van der Waals surface area contributed by atoms with E-state index >= 15 is 0 Å². The second-order valence-corrected chi connectivity index (χ2v) is 5.74. The summed E-state index contributed by atoms with van der Waals surface area (Å²) in [5.74, 6) is 0.318. The fourth-order valence-corrected chi connectivity index (χ4v) is 3.23. The number of aryl methyl sites for hydroxylation is 2. The van der Waals surface area contributed by atoms with E-state index in [4.69, 9.17) is 0 Å². The second-order valence-electron chi connectivity index (χ2n) is 5.74. The molecule has 0 saturated carbocycles. The van der Waals surface area contributed by atoms with Crippen molar-refractivity contribution >= 4 is 0 Å². The van der Waals surface area contributed by atoms with Gasteiger partial charge in [0.05, 0.1) is 6.10 Å². The Morgan fingerprint density at radius 3 is 2.21 bits per heavy atom. The van der Waals surface area contributed by atoms with E-state index in [2.05, 4.69) is 56.3 Å². The first kappa shape index (κ1) is 12.4. The van der Waals surface area contributed by atoms with Gasteiger partial charge in [0, 0.05) is 0 Å². The molecule has 0 saturated heterocycles. The molecular formula is C18H20O. The molecule has 0 radical (unpaired) electrons. The maximum atomic E-state index is 10.7. The van der Waals surface area contributed by atoms with Crippen molar-refractivity contribution in [3.05, 3.63) is 70.3 Å². The molecule has 1 aliphatic rings. The van der Waals surface area contributed by atoms with Gasteiger partial charge in [-0.25, -0.2) is 0 Å². The molecule has 1 N–H and O–H groups in total. The van der Waals surface area contributed by atoms with Gasteiger partial charge in [-0.05, 0) is 54.9 Å². The summed E-state index contributed by atoms with van der Waals surface area (Å²) in [4.78, 5) is 0. The van der Waals surface area contributed by atoms with Crippen LogP contribution in [0.1, 0.15) is 33.9 Å². The lowest BCUT2D eigenvalue weighted by Crippen LogP contribution is -2.14. The molecule has 0 aliphatic heterocycles. The summed E-state index contributed by atoms with van der Waals surface area (Å²) < 4.78 is 0. The van der Waals surface area contributed by atoms with Crippen molar-refractivity contribution in [1.82, 2.24) is 0 Å². The predicted octanol–water partition coefficient (Wildman–Crippen LogP) is 3.75. The molecule has 0 bridgehead atoms. The van der Waals surface area contributed by atoms with Crippen LogP contribution in [0.4, 0.5) is 0 Å². The van der Waals surface area contributed by atoms with E-state index in [0.29, 0.717) is 5.92 Å². The Bertz CT molecular complexity index is 575. The van der Waals surface area contributed by atoms with E-state index in [1.54, 1.807) is 0 Å². The first-order valence-electron chi connectivity index (χ1n) is 6.97. The Kier molecular flexibility index (Phi) is 3.16. The monoisotopic (exact) mass is 252 g/mol. The second kappa shape index (κ2) is 4.82. The summed E-state index contributed by atoms with van der Waals surface area (Å²) in [6, 6.07) is 14.9. The highest BCUT2D eigenvalue weighted by molar-refractivity contribution is 5.36. The molecule has 0 fully saturated rings. The number of aliphatic hydroxyl groups excluding tert-OH is 1. The summed E-state index contributed by atoms with van der Waals surface area (Å²) in [6.45, 7) is 4.18. The van der Waals surface area contributed by atoms with Crippen molar-refractivity contribution in [3.8, 4) is 0 Å². The minimum Gasteiger partial charge on any atom is -0.388 e. The molecule has 2 aromatic rings. The fraction of sp³-hybridized carbons (Fsp3) is 0.333. The molecule has 19 heavy (non-hydrogen) atoms. The molecular weight excluding hydrogens is 232 g/mol. The van der Waals surface area contributed by atoms with E-state index < -0.39 is 0 Å². The standard InChI is InChI=1S/C18H20O/c1-12-7-8-17(13(2)9-12)18(19)16-10-14-5-3-4-6-15(14)11-16/h3-9,16,18-19H,10-11H2,1-2H3. The molecule has 1 nitrogen and oxygen atoms in total. The molecule has 1 unspecified atom stereocenters. The lowest BCUT2D eigenvalue weighted by Gasteiger charge is -2.20. The van der Waals surface area contributed by atoms with Gasteiger partial charge >= 0.3 is 0 Å². The van der Waals surface area contributed by atoms with Crippen LogP contribution >= 0.6 is 0 Å². The van der Waals surface area contributed by atoms with Gasteiger partial charge in [0.1, 0.15) is 0 Å². The number of hydrogen-bond donors (Lipinski definition) is 1. The third kappa shape index (κ3) is 2.31. The molecule has 0 spiro atoms. The zero-order valence-electron chi connectivity index (χ0n) is 11.6. The van der Waals surface area contributed by atoms with Crippen molar-refractivity contribution in [2.45, 2.75) is 32.8 Å². The van der Waals surface area contributed by atoms with E-state index in [9.17, 15) is 5.11 Å². The summed E-state index contributed by atoms with van der Waals surface area (Å²) in [5.41, 5.74) is 6.34. The van der Waals surface area contributed by atoms with Crippen LogP contribution in [0.15, 0.2) is 42.5 Å². The van der Waals surface area contributed by atoms with Crippen LogP contribution in [-0.2, 0) is 12.8 Å². The largest absolute Gasteiger partial charge is 0.388 e. The van der Waals surface area contributed by atoms with Crippen LogP contribution in [0.3, 0.4) is 0 Å². The van der Waals surface area contributed by atoms with Crippen LogP contribution in [0.25, 0.3) is 0 Å². The van der Waals surface area contributed by atoms with Crippen LogP contribution in [0, 0.1) is 19.8 Å². The van der Waals surface area contributed by atoms with Gasteiger partial charge < -0.3 is 5.11 Å². The van der Waals surface area contributed by atoms with Gasteiger partial charge in [-0.3, -0.25) is 0 Å². The SMILES string of the molecule is Cc1ccc(C(O)C2Cc3ccccc3C2)c(C)c1. The highest BCUT2D eigenvalue weighted by atomic mass is 16.3. The van der Waals surface area contributed by atoms with Crippen molar-refractivity contribution in [1.29, 1.82) is 0 Å². The Morgan fingerprint density at radius 2 is 1.63 bits per heavy atom. The number of fused-ring (bicyclic) bond motifs is 1. The van der Waals surface area contributed by atoms with Gasteiger partial charge in [-0.1, -0.05) is 48.0 Å². The average molecular weight is 252 g/mol. The average Bonchev–Trinajstić information content (AvgIpc) is 2.81. The van der Waals surface area contributed by atoms with Crippen LogP contribution in [-0.4, -0.2) is 5.11 Å². The zero-order chi connectivity index (χ0) is 13.4. The fourth-order valence-electron chi connectivity index (χ4n) is 3.23. The summed E-state index contributed by atoms with van der Waals surface area (Å²) in [7, 11) is 0. The Morgan fingerprint density at radius 1 is 1.00 bits per heavy atom. The summed E-state index contributed by atoms with van der Waals surface area (Å²) >= 11 is 0. The lowest BCUT2D eigenvalue weighted by molar-refractivity contribution is 0.113. The van der Waals surface area contributed by atoms with Gasteiger partial charge in [-0.2, -0.15) is 0 Å². The summed E-state index contributed by atoms with van der Waals surface area (Å²) in [5, 5.41) is 10.7. The van der Waals surface area contributed by atoms with Crippen molar-refractivity contribution in [3.63, 3.8) is 0 Å². The van der Waals surface area contributed by atoms with Crippen molar-refractivity contribution < 1.29 is 5.11 Å². The molecule has 1 aliphatic carbocycles. The maximum absolute atomic E-state index is 10.7. The Balaban J connectivity index is 1.85. The van der Waals surface area contributed by atoms with Crippen LogP contribution in [0.5, 0.6) is 0 Å². The predicted molar refractivity (Wildman–Crippen MR) is 78.2 cm³/mol. The quantitative estimate of drug-likeness (QED) is 0.863. The molecule has 98 valence electrons. The number of benzene rings is 2. The van der Waals surface area contributed by atoms with Crippen LogP contribution < -0.4 is 0 Å². The van der Waals surface area contributed by atoms with E-state index in [0.717, 1.165) is 18.4 Å². The van der Waals surface area contributed by atoms with Gasteiger partial charge in [0.25, 0.3) is 0 Å². The highest BCUT2D eigenvalue weighted by Crippen LogP contribution is 2.36. The number of aliphatic hydroxyl groups is 1. The Hall–Kier alpha value is -1.60. The minimum absolute atomic E-state index is 0.318. The lowest BCUT2D eigenvalue weighted by atomic mass is 9.90. The van der Waals surface area contributed by atoms with Gasteiger partial charge in [0.2, 0.25) is 0 Å². The summed E-state index contributed by atoms with van der Waals surface area (Å²) in [6.07, 6.45) is 1.63. The van der Waals surface area contributed by atoms with Crippen molar-refractivity contribution in [2.24, 2.45) is 5.92 Å². The number of rotatable bonds is 2. The molecule has 1 heteroatoms. The van der Waals surface area contributed by atoms with Gasteiger partial charge in [-0.15, -0.1) is 0 Å². The van der Waals surface area contributed by atoms with E-state index in [1.165, 1.54) is 22.3 Å². The smallest absolute Gasteiger partial charge is 0.0827 e. The van der Waals surface area contributed by atoms with Gasteiger partial charge in [0.15, 0.2) is 0 Å². The topological polar surface area (TPSA) is 20.2 Å². The number of hydrogen-bond acceptors (Lipinski definition) is 1. The zero-order valence-corrected chi connectivity index (χ0v) is 11.6. The molecule has 0 heterocycles. The van der Waals surface area contributed by atoms with Crippen LogP contribution in [0.2, 0.25) is 0 Å². The van der Waals surface area contributed by atoms with Crippen molar-refractivity contribution in [2.75, 3.05) is 0 Å². The Labute approximate surface area is 114 Å². The maximum Gasteiger partial charge on any atom is 0.0827 e. The first-order valence-corrected chi connectivity index (χ1v) is 6.97. The van der Waals surface area contributed by atoms with E-state index in [-0.39, 0.29) is 6.10 Å². The minimum atomic E-state index is -0.354. The first-order chi connectivity index (χ1) is 9.15. The molecule has 1 atom stereocenters. The molecule has 0 aromatic heterocycles. The third-order valence-electron chi connectivity index (χ3n) is 4.27.